The lowest BCUT2D eigenvalue weighted by Gasteiger charge is -2.34. The average Bonchev–Trinajstić information content (AvgIpc) is 2.74. The maximum absolute atomic E-state index is 13.1. The Hall–Kier alpha value is -1.78. The minimum Gasteiger partial charge on any atom is -0.458 e. The third-order valence-corrected chi connectivity index (χ3v) is 4.67. The molecule has 22 heavy (non-hydrogen) atoms. The topological polar surface area (TPSA) is 76.4 Å². The molecule has 0 spiro atoms. The molecule has 0 aromatic heterocycles. The highest BCUT2D eigenvalue weighted by Gasteiger charge is 2.69. The maximum atomic E-state index is 13.1. The van der Waals surface area contributed by atoms with Gasteiger partial charge in [0, 0.05) is 6.42 Å². The van der Waals surface area contributed by atoms with E-state index in [1.165, 1.54) is 6.92 Å². The van der Waals surface area contributed by atoms with Gasteiger partial charge in [-0.2, -0.15) is 18.4 Å². The van der Waals surface area contributed by atoms with Crippen LogP contribution in [0.2, 0.25) is 0 Å². The summed E-state index contributed by atoms with van der Waals surface area (Å²) in [5.41, 5.74) is -3.84. The Kier molecular flexibility index (Phi) is 3.88. The molecule has 0 radical (unpaired) electrons. The highest BCUT2D eigenvalue weighted by molar-refractivity contribution is 5.82. The average molecular weight is 319 g/mol. The van der Waals surface area contributed by atoms with Crippen molar-refractivity contribution in [1.82, 2.24) is 0 Å². The van der Waals surface area contributed by atoms with Gasteiger partial charge < -0.3 is 9.47 Å². The number of fused-ring (bicyclic) bond motifs is 2. The summed E-state index contributed by atoms with van der Waals surface area (Å²) < 4.78 is 49.3. The van der Waals surface area contributed by atoms with Crippen molar-refractivity contribution in [3.05, 3.63) is 0 Å². The summed E-state index contributed by atoms with van der Waals surface area (Å²) in [6.45, 7) is 3.04. The van der Waals surface area contributed by atoms with E-state index in [0.717, 1.165) is 0 Å². The fourth-order valence-corrected chi connectivity index (χ4v) is 2.75. The molecule has 2 rings (SSSR count). The predicted molar refractivity (Wildman–Crippen MR) is 66.1 cm³/mol. The SMILES string of the molecule is CCC(C)(C#N)C(=O)OC1CCC2(C(F)(F)F)CC1OC2=O. The van der Waals surface area contributed by atoms with Crippen molar-refractivity contribution in [2.75, 3.05) is 0 Å². The van der Waals surface area contributed by atoms with Gasteiger partial charge in [-0.05, 0) is 26.2 Å². The molecule has 1 saturated heterocycles. The number of rotatable bonds is 3. The van der Waals surface area contributed by atoms with E-state index in [0.29, 0.717) is 0 Å². The van der Waals surface area contributed by atoms with Crippen LogP contribution in [-0.4, -0.2) is 30.3 Å². The lowest BCUT2D eigenvalue weighted by Crippen LogP contribution is -2.46. The molecule has 1 saturated carbocycles. The number of hydrogen-bond donors (Lipinski definition) is 0. The van der Waals surface area contributed by atoms with Crippen molar-refractivity contribution in [1.29, 1.82) is 5.26 Å². The predicted octanol–water partition coefficient (Wildman–Crippen LogP) is 2.50. The Morgan fingerprint density at radius 3 is 2.68 bits per heavy atom. The van der Waals surface area contributed by atoms with E-state index >= 15 is 0 Å². The van der Waals surface area contributed by atoms with Gasteiger partial charge in [0.2, 0.25) is 0 Å². The van der Waals surface area contributed by atoms with Crippen LogP contribution in [0.5, 0.6) is 0 Å². The van der Waals surface area contributed by atoms with E-state index in [4.69, 9.17) is 14.7 Å². The first-order valence-corrected chi connectivity index (χ1v) is 7.00. The number of ether oxygens (including phenoxy) is 2. The number of alkyl halides is 3. The summed E-state index contributed by atoms with van der Waals surface area (Å²) in [6.07, 6.45) is -7.64. The number of nitrogens with zero attached hydrogens (tertiary/aromatic N) is 1. The van der Waals surface area contributed by atoms with Crippen LogP contribution in [0.15, 0.2) is 0 Å². The molecule has 2 fully saturated rings. The fraction of sp³-hybridized carbons (Fsp3) is 0.786. The normalized spacial score (nSPS) is 33.5. The highest BCUT2D eigenvalue weighted by Crippen LogP contribution is 2.55. The van der Waals surface area contributed by atoms with Gasteiger partial charge in [-0.25, -0.2) is 0 Å². The van der Waals surface area contributed by atoms with Crippen molar-refractivity contribution in [2.45, 2.75) is 57.9 Å². The molecule has 122 valence electrons. The summed E-state index contributed by atoms with van der Waals surface area (Å²) in [4.78, 5) is 23.7. The van der Waals surface area contributed by atoms with Gasteiger partial charge in [0.15, 0.2) is 10.8 Å². The molecular formula is C14H16F3NO4. The molecule has 0 aromatic carbocycles. The minimum absolute atomic E-state index is 0.118. The minimum atomic E-state index is -4.68. The van der Waals surface area contributed by atoms with Gasteiger partial charge in [-0.15, -0.1) is 0 Å². The Bertz CT molecular complexity index is 541. The number of carbonyl (C=O) groups excluding carboxylic acids is 2. The van der Waals surface area contributed by atoms with Crippen molar-refractivity contribution in [3.63, 3.8) is 0 Å². The van der Waals surface area contributed by atoms with Gasteiger partial charge >= 0.3 is 18.1 Å². The van der Waals surface area contributed by atoms with Crippen LogP contribution >= 0.6 is 0 Å². The molecule has 1 aliphatic heterocycles. The number of hydrogen-bond acceptors (Lipinski definition) is 5. The first kappa shape index (κ1) is 16.6. The zero-order valence-corrected chi connectivity index (χ0v) is 12.2. The molecule has 0 amide bonds. The largest absolute Gasteiger partial charge is 0.458 e. The molecule has 1 heterocycles. The first-order valence-electron chi connectivity index (χ1n) is 7.00. The van der Waals surface area contributed by atoms with Gasteiger partial charge in [0.25, 0.3) is 0 Å². The molecule has 2 aliphatic rings. The monoisotopic (exact) mass is 319 g/mol. The smallest absolute Gasteiger partial charge is 0.405 e. The summed E-state index contributed by atoms with van der Waals surface area (Å²) in [5, 5.41) is 9.02. The molecule has 2 bridgehead atoms. The second-order valence-corrected chi connectivity index (χ2v) is 6.01. The summed E-state index contributed by atoms with van der Waals surface area (Å²) in [6, 6.07) is 1.84. The summed E-state index contributed by atoms with van der Waals surface area (Å²) >= 11 is 0. The van der Waals surface area contributed by atoms with Crippen LogP contribution in [0, 0.1) is 22.2 Å². The quantitative estimate of drug-likeness (QED) is 0.747. The molecule has 0 aromatic rings. The second kappa shape index (κ2) is 5.14. The van der Waals surface area contributed by atoms with Crippen LogP contribution in [0.25, 0.3) is 0 Å². The Balaban J connectivity index is 2.13. The third-order valence-electron chi connectivity index (χ3n) is 4.67. The molecule has 1 aliphatic carbocycles. The van der Waals surface area contributed by atoms with Gasteiger partial charge in [-0.1, -0.05) is 6.92 Å². The Morgan fingerprint density at radius 2 is 2.18 bits per heavy atom. The van der Waals surface area contributed by atoms with Gasteiger partial charge in [0.1, 0.15) is 12.2 Å². The molecule has 4 atom stereocenters. The van der Waals surface area contributed by atoms with Gasteiger partial charge in [0.05, 0.1) is 6.07 Å². The van der Waals surface area contributed by atoms with E-state index < -0.39 is 54.0 Å². The highest BCUT2D eigenvalue weighted by atomic mass is 19.4. The first-order chi connectivity index (χ1) is 10.1. The number of nitriles is 1. The maximum Gasteiger partial charge on any atom is 0.405 e. The van der Waals surface area contributed by atoms with Crippen molar-refractivity contribution < 1.29 is 32.2 Å². The van der Waals surface area contributed by atoms with E-state index in [9.17, 15) is 22.8 Å². The fourth-order valence-electron chi connectivity index (χ4n) is 2.75. The van der Waals surface area contributed by atoms with Crippen LogP contribution in [0.1, 0.15) is 39.5 Å². The van der Waals surface area contributed by atoms with Crippen LogP contribution < -0.4 is 0 Å². The van der Waals surface area contributed by atoms with Crippen LogP contribution in [0.4, 0.5) is 13.2 Å². The number of carbonyl (C=O) groups is 2. The molecular weight excluding hydrogens is 303 g/mol. The number of esters is 2. The van der Waals surface area contributed by atoms with Crippen LogP contribution in [0.3, 0.4) is 0 Å². The lowest BCUT2D eigenvalue weighted by molar-refractivity contribution is -0.227. The van der Waals surface area contributed by atoms with Crippen molar-refractivity contribution >= 4 is 11.9 Å². The van der Waals surface area contributed by atoms with E-state index in [2.05, 4.69) is 0 Å². The van der Waals surface area contributed by atoms with Crippen molar-refractivity contribution in [3.8, 4) is 6.07 Å². The van der Waals surface area contributed by atoms with E-state index in [1.807, 2.05) is 6.07 Å². The lowest BCUT2D eigenvalue weighted by atomic mass is 9.73. The molecule has 0 N–H and O–H groups in total. The number of halogens is 3. The van der Waals surface area contributed by atoms with E-state index in [1.54, 1.807) is 6.92 Å². The molecule has 8 heteroatoms. The van der Waals surface area contributed by atoms with Gasteiger partial charge in [-0.3, -0.25) is 9.59 Å². The zero-order chi connectivity index (χ0) is 16.8. The Labute approximate surface area is 125 Å². The second-order valence-electron chi connectivity index (χ2n) is 6.01. The van der Waals surface area contributed by atoms with Crippen LogP contribution in [-0.2, 0) is 19.1 Å². The zero-order valence-electron chi connectivity index (χ0n) is 12.2. The molecule has 5 nitrogen and oxygen atoms in total. The summed E-state index contributed by atoms with van der Waals surface area (Å²) in [7, 11) is 0. The standard InChI is InChI=1S/C14H16F3NO4/c1-3-12(2,7-18)10(19)21-8-4-5-13(14(15,16)17)6-9(8)22-11(13)20/h8-9H,3-6H2,1-2H3. The van der Waals surface area contributed by atoms with E-state index in [-0.39, 0.29) is 12.8 Å². The van der Waals surface area contributed by atoms with Crippen molar-refractivity contribution in [2.24, 2.45) is 10.8 Å². The molecule has 4 unspecified atom stereocenters. The Morgan fingerprint density at radius 1 is 1.55 bits per heavy atom. The summed E-state index contributed by atoms with van der Waals surface area (Å²) in [5.74, 6) is -2.10. The third kappa shape index (κ3) is 2.32.